The van der Waals surface area contributed by atoms with Gasteiger partial charge in [-0.2, -0.15) is 0 Å². The van der Waals surface area contributed by atoms with E-state index < -0.39 is 62.7 Å². The molecule has 2 aliphatic rings. The molecule has 13 heteroatoms. The third-order valence-corrected chi connectivity index (χ3v) is 7.91. The molecule has 0 radical (unpaired) electrons. The Morgan fingerprint density at radius 1 is 1.34 bits per heavy atom. The minimum Gasteiger partial charge on any atom is -0.444 e. The van der Waals surface area contributed by atoms with Crippen LogP contribution >= 0.6 is 15.9 Å². The van der Waals surface area contributed by atoms with Crippen LogP contribution in [0.2, 0.25) is 0 Å². The van der Waals surface area contributed by atoms with Crippen molar-refractivity contribution in [2.24, 2.45) is 0 Å². The first kappa shape index (κ1) is 24.8. The zero-order valence-electron chi connectivity index (χ0n) is 17.4. The summed E-state index contributed by atoms with van der Waals surface area (Å²) < 4.78 is 62.1. The predicted octanol–water partition coefficient (Wildman–Crippen LogP) is 2.82. The van der Waals surface area contributed by atoms with E-state index in [1.54, 1.807) is 0 Å². The van der Waals surface area contributed by atoms with Gasteiger partial charge in [0, 0.05) is 30.2 Å². The Hall–Kier alpha value is -1.83. The standard InChI is InChI=1S/C19H23BrF2N2O7S/c1-19(32(2,27)28,17(25)23-31-15-5-3-4-6-29-15)9-12-10-24(18(26)30-12)16-13(21)7-11(20)8-14(16)22/h7-8,12,15H,3-6,9-10H2,1-2H3,(H,23,25). The summed E-state index contributed by atoms with van der Waals surface area (Å²) in [5.74, 6) is -2.97. The van der Waals surface area contributed by atoms with Gasteiger partial charge < -0.3 is 9.47 Å². The van der Waals surface area contributed by atoms with Crippen molar-refractivity contribution in [1.82, 2.24) is 5.48 Å². The van der Waals surface area contributed by atoms with E-state index in [-0.39, 0.29) is 11.0 Å². The Morgan fingerprint density at radius 2 is 2.00 bits per heavy atom. The van der Waals surface area contributed by atoms with E-state index in [0.717, 1.165) is 36.1 Å². The van der Waals surface area contributed by atoms with Gasteiger partial charge in [-0.25, -0.2) is 32.3 Å². The molecule has 2 amide bonds. The summed E-state index contributed by atoms with van der Waals surface area (Å²) in [4.78, 5) is 31.0. The number of ether oxygens (including phenoxy) is 2. The number of nitrogens with one attached hydrogen (secondary N) is 1. The number of halogens is 3. The molecule has 32 heavy (non-hydrogen) atoms. The molecule has 0 saturated carbocycles. The fourth-order valence-corrected chi connectivity index (χ4v) is 4.75. The highest BCUT2D eigenvalue weighted by Gasteiger charge is 2.49. The van der Waals surface area contributed by atoms with Gasteiger partial charge in [0.25, 0.3) is 5.91 Å². The molecule has 0 aliphatic carbocycles. The van der Waals surface area contributed by atoms with Gasteiger partial charge in [0.05, 0.1) is 6.54 Å². The maximum Gasteiger partial charge on any atom is 0.414 e. The van der Waals surface area contributed by atoms with Gasteiger partial charge in [-0.1, -0.05) is 15.9 Å². The molecular formula is C19H23BrF2N2O7S. The minimum atomic E-state index is -4.02. The van der Waals surface area contributed by atoms with Crippen LogP contribution in [0.1, 0.15) is 32.6 Å². The summed E-state index contributed by atoms with van der Waals surface area (Å²) in [5.41, 5.74) is 1.51. The van der Waals surface area contributed by atoms with Crippen LogP contribution in [0.4, 0.5) is 19.3 Å². The molecule has 3 atom stereocenters. The number of sulfone groups is 1. The van der Waals surface area contributed by atoms with Gasteiger partial charge in [0.2, 0.25) is 0 Å². The number of benzene rings is 1. The van der Waals surface area contributed by atoms with Gasteiger partial charge in [0.15, 0.2) is 32.5 Å². The van der Waals surface area contributed by atoms with Gasteiger partial charge in [0.1, 0.15) is 11.8 Å². The Kier molecular flexibility index (Phi) is 7.42. The highest BCUT2D eigenvalue weighted by molar-refractivity contribution is 9.10. The number of anilines is 1. The quantitative estimate of drug-likeness (QED) is 0.529. The van der Waals surface area contributed by atoms with Crippen LogP contribution in [0.15, 0.2) is 16.6 Å². The summed E-state index contributed by atoms with van der Waals surface area (Å²) in [6.07, 6.45) is -0.228. The average Bonchev–Trinajstić information content (AvgIpc) is 3.04. The lowest BCUT2D eigenvalue weighted by Gasteiger charge is -2.29. The van der Waals surface area contributed by atoms with Crippen molar-refractivity contribution in [2.75, 3.05) is 24.3 Å². The monoisotopic (exact) mass is 540 g/mol. The number of carbonyl (C=O) groups excluding carboxylic acids is 2. The molecule has 0 bridgehead atoms. The van der Waals surface area contributed by atoms with E-state index in [1.165, 1.54) is 6.92 Å². The first-order valence-corrected chi connectivity index (χ1v) is 12.5. The van der Waals surface area contributed by atoms with Crippen molar-refractivity contribution in [3.05, 3.63) is 28.2 Å². The zero-order valence-corrected chi connectivity index (χ0v) is 19.8. The molecule has 0 aromatic heterocycles. The molecule has 178 valence electrons. The van der Waals surface area contributed by atoms with Gasteiger partial charge in [-0.05, 0) is 31.9 Å². The molecule has 1 N–H and O–H groups in total. The second-order valence-electron chi connectivity index (χ2n) is 7.89. The summed E-state index contributed by atoms with van der Waals surface area (Å²) in [7, 11) is -4.02. The smallest absolute Gasteiger partial charge is 0.414 e. The first-order valence-electron chi connectivity index (χ1n) is 9.82. The largest absolute Gasteiger partial charge is 0.444 e. The van der Waals surface area contributed by atoms with Crippen LogP contribution in [-0.4, -0.2) is 57.0 Å². The van der Waals surface area contributed by atoms with E-state index in [1.807, 2.05) is 0 Å². The predicted molar refractivity (Wildman–Crippen MR) is 112 cm³/mol. The fraction of sp³-hybridized carbons (Fsp3) is 0.579. The molecule has 9 nitrogen and oxygen atoms in total. The first-order chi connectivity index (χ1) is 14.9. The summed E-state index contributed by atoms with van der Waals surface area (Å²) in [6.45, 7) is 1.28. The van der Waals surface area contributed by atoms with Gasteiger partial charge in [-0.3, -0.25) is 9.69 Å². The Labute approximate surface area is 192 Å². The highest BCUT2D eigenvalue weighted by Crippen LogP contribution is 2.33. The van der Waals surface area contributed by atoms with Crippen molar-refractivity contribution < 1.29 is 41.1 Å². The van der Waals surface area contributed by atoms with Crippen LogP contribution in [0.3, 0.4) is 0 Å². The number of hydroxylamine groups is 1. The van der Waals surface area contributed by atoms with E-state index in [0.29, 0.717) is 13.0 Å². The number of amides is 2. The van der Waals surface area contributed by atoms with Crippen LogP contribution in [0.25, 0.3) is 0 Å². The zero-order chi connectivity index (χ0) is 23.7. The van der Waals surface area contributed by atoms with Crippen molar-refractivity contribution in [3.8, 4) is 0 Å². The molecule has 3 unspecified atom stereocenters. The number of rotatable bonds is 7. The Morgan fingerprint density at radius 3 is 2.56 bits per heavy atom. The van der Waals surface area contributed by atoms with Crippen molar-refractivity contribution in [1.29, 1.82) is 0 Å². The molecule has 2 fully saturated rings. The second-order valence-corrected chi connectivity index (χ2v) is 11.2. The minimum absolute atomic E-state index is 0.142. The summed E-state index contributed by atoms with van der Waals surface area (Å²) >= 11 is 2.96. The summed E-state index contributed by atoms with van der Waals surface area (Å²) in [5, 5.41) is 0. The van der Waals surface area contributed by atoms with Crippen molar-refractivity contribution >= 4 is 43.5 Å². The van der Waals surface area contributed by atoms with Crippen LogP contribution in [0, 0.1) is 11.6 Å². The number of hydrogen-bond acceptors (Lipinski definition) is 7. The molecular weight excluding hydrogens is 518 g/mol. The lowest BCUT2D eigenvalue weighted by atomic mass is 10.0. The van der Waals surface area contributed by atoms with Crippen LogP contribution in [-0.2, 0) is 28.9 Å². The lowest BCUT2D eigenvalue weighted by molar-refractivity contribution is -0.201. The normalized spacial score (nSPS) is 23.5. The van der Waals surface area contributed by atoms with Crippen molar-refractivity contribution in [2.45, 2.75) is 49.7 Å². The third-order valence-electron chi connectivity index (χ3n) is 5.46. The van der Waals surface area contributed by atoms with E-state index in [2.05, 4.69) is 21.4 Å². The van der Waals surface area contributed by atoms with Gasteiger partial charge in [-0.15, -0.1) is 0 Å². The number of carbonyl (C=O) groups is 2. The van der Waals surface area contributed by atoms with Gasteiger partial charge >= 0.3 is 6.09 Å². The Bertz CT molecular complexity index is 980. The molecule has 2 saturated heterocycles. The molecule has 2 aliphatic heterocycles. The van der Waals surface area contributed by atoms with E-state index in [4.69, 9.17) is 14.3 Å². The second kappa shape index (κ2) is 9.57. The summed E-state index contributed by atoms with van der Waals surface area (Å²) in [6, 6.07) is 1.97. The number of cyclic esters (lactones) is 1. The number of hydrogen-bond donors (Lipinski definition) is 1. The fourth-order valence-electron chi connectivity index (χ4n) is 3.48. The Balaban J connectivity index is 1.75. The lowest BCUT2D eigenvalue weighted by Crippen LogP contribution is -2.53. The molecule has 1 aromatic rings. The van der Waals surface area contributed by atoms with Crippen LogP contribution < -0.4 is 10.4 Å². The molecule has 1 aromatic carbocycles. The maximum atomic E-state index is 14.3. The van der Waals surface area contributed by atoms with Crippen LogP contribution in [0.5, 0.6) is 0 Å². The molecule has 3 rings (SSSR count). The highest BCUT2D eigenvalue weighted by atomic mass is 79.9. The van der Waals surface area contributed by atoms with E-state index >= 15 is 0 Å². The van der Waals surface area contributed by atoms with Crippen molar-refractivity contribution in [3.63, 3.8) is 0 Å². The number of nitrogens with zero attached hydrogens (tertiary/aromatic N) is 1. The molecule has 0 spiro atoms. The average molecular weight is 541 g/mol. The topological polar surface area (TPSA) is 111 Å². The third kappa shape index (κ3) is 5.21. The molecule has 2 heterocycles. The van der Waals surface area contributed by atoms with E-state index in [9.17, 15) is 26.8 Å². The SMILES string of the molecule is CC(CC1CN(c2c(F)cc(Br)cc2F)C(=O)O1)(C(=O)NOC1CCCCO1)S(C)(=O)=O. The maximum absolute atomic E-state index is 14.3.